The molecule has 96 valence electrons. The largest absolute Gasteiger partial charge is 0.502 e. The number of carbonyl (C=O) groups is 1. The fraction of sp³-hybridized carbons (Fsp3) is 0.364. The number of aromatic hydroxyl groups is 1. The Kier molecular flexibility index (Phi) is 3.42. The summed E-state index contributed by atoms with van der Waals surface area (Å²) in [5, 5.41) is 20.1. The quantitative estimate of drug-likeness (QED) is 0.495. The summed E-state index contributed by atoms with van der Waals surface area (Å²) in [6.07, 6.45) is 0.401. The number of nitrogens with zero attached hydrogens (tertiary/aromatic N) is 2. The van der Waals surface area contributed by atoms with Crippen molar-refractivity contribution in [3.8, 4) is 5.75 Å². The molecule has 7 heteroatoms. The SMILES string of the molecule is O=C1CC(CS)CN1c1ccc(O)c([N+](=O)[O-])c1. The molecule has 0 spiro atoms. The van der Waals surface area contributed by atoms with Crippen molar-refractivity contribution in [3.05, 3.63) is 28.3 Å². The summed E-state index contributed by atoms with van der Waals surface area (Å²) < 4.78 is 0. The summed E-state index contributed by atoms with van der Waals surface area (Å²) in [4.78, 5) is 23.3. The lowest BCUT2D eigenvalue weighted by Crippen LogP contribution is -2.24. The molecule has 0 radical (unpaired) electrons. The van der Waals surface area contributed by atoms with Crippen LogP contribution in [0.4, 0.5) is 11.4 Å². The second kappa shape index (κ2) is 4.85. The summed E-state index contributed by atoms with van der Waals surface area (Å²) in [7, 11) is 0. The van der Waals surface area contributed by atoms with Crippen LogP contribution in [-0.4, -0.2) is 28.2 Å². The minimum Gasteiger partial charge on any atom is -0.502 e. The standard InChI is InChI=1S/C11H12N2O4S/c14-10-2-1-8(4-9(10)13(16)17)12-5-7(6-18)3-11(12)15/h1-2,4,7,14,18H,3,5-6H2. The van der Waals surface area contributed by atoms with E-state index in [1.54, 1.807) is 0 Å². The fourth-order valence-electron chi connectivity index (χ4n) is 1.98. The Bertz CT molecular complexity index is 506. The number of phenolic OH excluding ortho intramolecular Hbond substituents is 1. The molecule has 18 heavy (non-hydrogen) atoms. The number of anilines is 1. The molecule has 1 heterocycles. The van der Waals surface area contributed by atoms with Gasteiger partial charge in [0.1, 0.15) is 0 Å². The highest BCUT2D eigenvalue weighted by Gasteiger charge is 2.30. The van der Waals surface area contributed by atoms with Gasteiger partial charge in [0.15, 0.2) is 5.75 Å². The molecule has 0 aromatic heterocycles. The van der Waals surface area contributed by atoms with E-state index in [1.165, 1.54) is 23.1 Å². The average molecular weight is 268 g/mol. The number of hydrogen-bond donors (Lipinski definition) is 2. The number of phenols is 1. The predicted octanol–water partition coefficient (Wildman–Crippen LogP) is 1.58. The van der Waals surface area contributed by atoms with E-state index in [9.17, 15) is 20.0 Å². The minimum atomic E-state index is -0.671. The van der Waals surface area contributed by atoms with Crippen LogP contribution in [0, 0.1) is 16.0 Å². The number of carbonyl (C=O) groups excluding carboxylic acids is 1. The molecule has 1 aliphatic rings. The summed E-state index contributed by atoms with van der Waals surface area (Å²) in [6.45, 7) is 0.504. The van der Waals surface area contributed by atoms with E-state index in [0.717, 1.165) is 0 Å². The van der Waals surface area contributed by atoms with E-state index in [1.807, 2.05) is 0 Å². The van der Waals surface area contributed by atoms with Crippen LogP contribution < -0.4 is 4.90 Å². The third-order valence-corrected chi connectivity index (χ3v) is 3.45. The summed E-state index contributed by atoms with van der Waals surface area (Å²) in [5.41, 5.74) is 0.0448. The van der Waals surface area contributed by atoms with Gasteiger partial charge in [-0.2, -0.15) is 12.6 Å². The summed E-state index contributed by atoms with van der Waals surface area (Å²) in [5.74, 6) is 0.284. The maximum absolute atomic E-state index is 11.8. The fourth-order valence-corrected chi connectivity index (χ4v) is 2.22. The van der Waals surface area contributed by atoms with Crippen LogP contribution in [0.3, 0.4) is 0 Å². The van der Waals surface area contributed by atoms with Crippen LogP contribution >= 0.6 is 12.6 Å². The van der Waals surface area contributed by atoms with Crippen molar-refractivity contribution in [2.75, 3.05) is 17.2 Å². The number of rotatable bonds is 3. The molecule has 1 aromatic rings. The minimum absolute atomic E-state index is 0.0750. The summed E-state index contributed by atoms with van der Waals surface area (Å²) in [6, 6.07) is 3.95. The Labute approximate surface area is 109 Å². The molecule has 1 fully saturated rings. The van der Waals surface area contributed by atoms with Crippen molar-refractivity contribution in [1.29, 1.82) is 0 Å². The Morgan fingerprint density at radius 3 is 2.83 bits per heavy atom. The van der Waals surface area contributed by atoms with Crippen molar-refractivity contribution in [2.45, 2.75) is 6.42 Å². The van der Waals surface area contributed by atoms with E-state index in [2.05, 4.69) is 12.6 Å². The van der Waals surface area contributed by atoms with E-state index in [0.29, 0.717) is 24.4 Å². The molecule has 0 bridgehead atoms. The molecular weight excluding hydrogens is 256 g/mol. The number of thiol groups is 1. The monoisotopic (exact) mass is 268 g/mol. The number of nitro benzene ring substituents is 1. The van der Waals surface area contributed by atoms with Gasteiger partial charge in [0.05, 0.1) is 10.6 Å². The van der Waals surface area contributed by atoms with Gasteiger partial charge < -0.3 is 10.0 Å². The van der Waals surface area contributed by atoms with Gasteiger partial charge in [-0.3, -0.25) is 14.9 Å². The smallest absolute Gasteiger partial charge is 0.312 e. The van der Waals surface area contributed by atoms with Crippen LogP contribution in [0.25, 0.3) is 0 Å². The first kappa shape index (κ1) is 12.7. The van der Waals surface area contributed by atoms with Crippen LogP contribution in [0.2, 0.25) is 0 Å². The Morgan fingerprint density at radius 2 is 2.28 bits per heavy atom. The molecule has 1 saturated heterocycles. The number of hydrogen-bond acceptors (Lipinski definition) is 5. The topological polar surface area (TPSA) is 83.7 Å². The van der Waals surface area contributed by atoms with Gasteiger partial charge in [0.2, 0.25) is 5.91 Å². The lowest BCUT2D eigenvalue weighted by atomic mass is 10.1. The molecule has 0 aliphatic carbocycles. The average Bonchev–Trinajstić information content (AvgIpc) is 2.71. The zero-order chi connectivity index (χ0) is 13.3. The molecule has 1 unspecified atom stereocenters. The first-order chi connectivity index (χ1) is 8.52. The molecule has 2 rings (SSSR count). The van der Waals surface area contributed by atoms with Crippen LogP contribution in [0.5, 0.6) is 5.75 Å². The Morgan fingerprint density at radius 1 is 1.56 bits per heavy atom. The zero-order valence-corrected chi connectivity index (χ0v) is 10.3. The molecular formula is C11H12N2O4S. The third-order valence-electron chi connectivity index (χ3n) is 2.93. The molecule has 1 aliphatic heterocycles. The van der Waals surface area contributed by atoms with Gasteiger partial charge in [-0.25, -0.2) is 0 Å². The summed E-state index contributed by atoms with van der Waals surface area (Å²) >= 11 is 4.15. The highest BCUT2D eigenvalue weighted by molar-refractivity contribution is 7.80. The number of benzene rings is 1. The maximum atomic E-state index is 11.8. The van der Waals surface area contributed by atoms with Gasteiger partial charge in [0, 0.05) is 19.0 Å². The highest BCUT2D eigenvalue weighted by Crippen LogP contribution is 2.33. The van der Waals surface area contributed by atoms with Gasteiger partial charge in [-0.1, -0.05) is 0 Å². The molecule has 1 aromatic carbocycles. The van der Waals surface area contributed by atoms with Gasteiger partial charge in [-0.15, -0.1) is 0 Å². The van der Waals surface area contributed by atoms with Crippen LogP contribution in [-0.2, 0) is 4.79 Å². The Balaban J connectivity index is 2.32. The van der Waals surface area contributed by atoms with Crippen molar-refractivity contribution in [3.63, 3.8) is 0 Å². The number of amides is 1. The van der Waals surface area contributed by atoms with Crippen LogP contribution in [0.1, 0.15) is 6.42 Å². The van der Waals surface area contributed by atoms with E-state index in [4.69, 9.17) is 0 Å². The maximum Gasteiger partial charge on any atom is 0.312 e. The molecule has 1 atom stereocenters. The second-order valence-electron chi connectivity index (χ2n) is 4.19. The number of nitro groups is 1. The highest BCUT2D eigenvalue weighted by atomic mass is 32.1. The molecule has 6 nitrogen and oxygen atoms in total. The molecule has 0 saturated carbocycles. The van der Waals surface area contributed by atoms with Gasteiger partial charge >= 0.3 is 5.69 Å². The van der Waals surface area contributed by atoms with Gasteiger partial charge in [-0.05, 0) is 23.8 Å². The van der Waals surface area contributed by atoms with E-state index >= 15 is 0 Å². The van der Waals surface area contributed by atoms with Crippen molar-refractivity contribution < 1.29 is 14.8 Å². The zero-order valence-electron chi connectivity index (χ0n) is 9.44. The normalized spacial score (nSPS) is 19.3. The van der Waals surface area contributed by atoms with Crippen molar-refractivity contribution >= 4 is 29.9 Å². The molecule has 1 N–H and O–H groups in total. The van der Waals surface area contributed by atoms with E-state index in [-0.39, 0.29) is 11.8 Å². The Hall–Kier alpha value is -1.76. The lowest BCUT2D eigenvalue weighted by molar-refractivity contribution is -0.385. The first-order valence-electron chi connectivity index (χ1n) is 5.41. The second-order valence-corrected chi connectivity index (χ2v) is 4.55. The van der Waals surface area contributed by atoms with E-state index < -0.39 is 16.4 Å². The molecule has 1 amide bonds. The predicted molar refractivity (Wildman–Crippen MR) is 69.1 cm³/mol. The van der Waals surface area contributed by atoms with Gasteiger partial charge in [0.25, 0.3) is 0 Å². The third kappa shape index (κ3) is 2.26. The first-order valence-corrected chi connectivity index (χ1v) is 6.04. The van der Waals surface area contributed by atoms with Crippen molar-refractivity contribution in [1.82, 2.24) is 0 Å². The van der Waals surface area contributed by atoms with Crippen LogP contribution in [0.15, 0.2) is 18.2 Å². The van der Waals surface area contributed by atoms with Crippen molar-refractivity contribution in [2.24, 2.45) is 5.92 Å². The lowest BCUT2D eigenvalue weighted by Gasteiger charge is -2.16.